The van der Waals surface area contributed by atoms with Gasteiger partial charge in [0.1, 0.15) is 11.3 Å². The van der Waals surface area contributed by atoms with Gasteiger partial charge in [-0.25, -0.2) is 0 Å². The van der Waals surface area contributed by atoms with Crippen molar-refractivity contribution in [3.63, 3.8) is 0 Å². The molecule has 0 radical (unpaired) electrons. The van der Waals surface area contributed by atoms with Gasteiger partial charge >= 0.3 is 0 Å². The van der Waals surface area contributed by atoms with Gasteiger partial charge in [-0.05, 0) is 51.9 Å². The molecule has 0 atom stereocenters. The lowest BCUT2D eigenvalue weighted by Crippen LogP contribution is -2.52. The van der Waals surface area contributed by atoms with Crippen LogP contribution in [0.3, 0.4) is 0 Å². The minimum absolute atomic E-state index is 0.0575. The summed E-state index contributed by atoms with van der Waals surface area (Å²) in [6.45, 7) is 0. The number of likely N-dealkylation sites (N-methyl/N-ethyl adjacent to an activating group) is 1. The Morgan fingerprint density at radius 3 is 2.70 bits per heavy atom. The van der Waals surface area contributed by atoms with Gasteiger partial charge in [-0.3, -0.25) is 19.8 Å². The molecule has 2 N–H and O–H groups in total. The SMILES string of the molecule is CN1C(=O)/C(=C\c2cc(Cl)c(O)c(Br)c2)C(=O)NC1=S. The van der Waals surface area contributed by atoms with Gasteiger partial charge in [0, 0.05) is 7.05 Å². The first-order valence-corrected chi connectivity index (χ1v) is 6.92. The number of rotatable bonds is 1. The summed E-state index contributed by atoms with van der Waals surface area (Å²) in [5.41, 5.74) is 0.439. The number of nitrogens with one attached hydrogen (secondary N) is 1. The van der Waals surface area contributed by atoms with Crippen molar-refractivity contribution < 1.29 is 14.7 Å². The lowest BCUT2D eigenvalue weighted by molar-refractivity contribution is -0.128. The van der Waals surface area contributed by atoms with E-state index in [4.69, 9.17) is 23.8 Å². The zero-order chi connectivity index (χ0) is 15.0. The van der Waals surface area contributed by atoms with E-state index in [0.717, 1.165) is 0 Å². The molecule has 2 amide bonds. The first-order valence-electron chi connectivity index (χ1n) is 5.34. The second-order valence-electron chi connectivity index (χ2n) is 4.01. The van der Waals surface area contributed by atoms with Crippen molar-refractivity contribution in [1.29, 1.82) is 0 Å². The number of carbonyl (C=O) groups excluding carboxylic acids is 2. The Labute approximate surface area is 133 Å². The fourth-order valence-electron chi connectivity index (χ4n) is 1.58. The van der Waals surface area contributed by atoms with Crippen molar-refractivity contribution in [2.75, 3.05) is 7.05 Å². The highest BCUT2D eigenvalue weighted by Gasteiger charge is 2.30. The van der Waals surface area contributed by atoms with Gasteiger partial charge in [0.15, 0.2) is 5.11 Å². The van der Waals surface area contributed by atoms with E-state index in [0.29, 0.717) is 10.0 Å². The number of phenolic OH excluding ortho intramolecular Hbond substituents is 1. The average Bonchev–Trinajstić information content (AvgIpc) is 2.38. The molecule has 0 spiro atoms. The Morgan fingerprint density at radius 2 is 2.10 bits per heavy atom. The molecule has 104 valence electrons. The second-order valence-corrected chi connectivity index (χ2v) is 5.66. The zero-order valence-electron chi connectivity index (χ0n) is 10.1. The fourth-order valence-corrected chi connectivity index (χ4v) is 2.58. The molecule has 20 heavy (non-hydrogen) atoms. The number of benzene rings is 1. The van der Waals surface area contributed by atoms with Gasteiger partial charge in [-0.1, -0.05) is 11.6 Å². The first kappa shape index (κ1) is 15.0. The molecule has 8 heteroatoms. The van der Waals surface area contributed by atoms with Crippen LogP contribution in [-0.4, -0.2) is 34.0 Å². The van der Waals surface area contributed by atoms with Gasteiger partial charge < -0.3 is 5.11 Å². The molecule has 1 aliphatic rings. The summed E-state index contributed by atoms with van der Waals surface area (Å²) in [4.78, 5) is 25.0. The third-order valence-electron chi connectivity index (χ3n) is 2.65. The van der Waals surface area contributed by atoms with Crippen LogP contribution in [0.4, 0.5) is 0 Å². The molecule has 2 rings (SSSR count). The molecule has 0 saturated carbocycles. The van der Waals surface area contributed by atoms with Crippen molar-refractivity contribution in [2.24, 2.45) is 0 Å². The third-order valence-corrected chi connectivity index (χ3v) is 3.92. The summed E-state index contributed by atoms with van der Waals surface area (Å²) >= 11 is 13.8. The molecular weight excluding hydrogens is 368 g/mol. The van der Waals surface area contributed by atoms with Gasteiger partial charge in [-0.15, -0.1) is 0 Å². The predicted octanol–water partition coefficient (Wildman–Crippen LogP) is 2.06. The molecule has 5 nitrogen and oxygen atoms in total. The van der Waals surface area contributed by atoms with E-state index in [1.165, 1.54) is 24.1 Å². The van der Waals surface area contributed by atoms with Gasteiger partial charge in [0.25, 0.3) is 11.8 Å². The molecule has 0 bridgehead atoms. The lowest BCUT2D eigenvalue weighted by atomic mass is 10.1. The molecule has 0 unspecified atom stereocenters. The van der Waals surface area contributed by atoms with E-state index >= 15 is 0 Å². The van der Waals surface area contributed by atoms with E-state index in [1.807, 2.05) is 0 Å². The van der Waals surface area contributed by atoms with Gasteiger partial charge in [0.05, 0.1) is 9.50 Å². The zero-order valence-corrected chi connectivity index (χ0v) is 13.3. The van der Waals surface area contributed by atoms with E-state index in [1.54, 1.807) is 6.07 Å². The standard InChI is InChI=1S/C12H8BrClN2O3S/c1-16-11(19)6(10(18)15-12(16)20)2-5-3-7(13)9(17)8(14)4-5/h2-4,17H,1H3,(H,15,18,20)/b6-2-. The lowest BCUT2D eigenvalue weighted by Gasteiger charge is -2.25. The Kier molecular flexibility index (Phi) is 4.12. The van der Waals surface area contributed by atoms with E-state index in [-0.39, 0.29) is 21.5 Å². The monoisotopic (exact) mass is 374 g/mol. The Bertz CT molecular complexity index is 652. The highest BCUT2D eigenvalue weighted by molar-refractivity contribution is 9.10. The van der Waals surface area contributed by atoms with Crippen LogP contribution in [0.2, 0.25) is 5.02 Å². The molecule has 0 aliphatic carbocycles. The maximum atomic E-state index is 12.0. The number of phenols is 1. The van der Waals surface area contributed by atoms with Crippen molar-refractivity contribution >= 4 is 62.8 Å². The average molecular weight is 376 g/mol. The molecule has 1 aromatic rings. The Balaban J connectivity index is 2.47. The molecule has 1 aromatic carbocycles. The minimum Gasteiger partial charge on any atom is -0.505 e. The maximum absolute atomic E-state index is 12.0. The normalized spacial score (nSPS) is 17.6. The molecule has 1 aliphatic heterocycles. The summed E-state index contributed by atoms with van der Waals surface area (Å²) in [7, 11) is 1.47. The summed E-state index contributed by atoms with van der Waals surface area (Å²) in [5, 5.41) is 12.1. The smallest absolute Gasteiger partial charge is 0.265 e. The highest BCUT2D eigenvalue weighted by atomic mass is 79.9. The van der Waals surface area contributed by atoms with Crippen molar-refractivity contribution in [1.82, 2.24) is 10.2 Å². The Hall–Kier alpha value is -1.44. The van der Waals surface area contributed by atoms with Crippen LogP contribution in [-0.2, 0) is 9.59 Å². The Morgan fingerprint density at radius 1 is 1.45 bits per heavy atom. The largest absolute Gasteiger partial charge is 0.505 e. The van der Waals surface area contributed by atoms with Crippen LogP contribution in [0.15, 0.2) is 22.2 Å². The molecule has 0 aromatic heterocycles. The van der Waals surface area contributed by atoms with Crippen LogP contribution >= 0.6 is 39.7 Å². The van der Waals surface area contributed by atoms with Crippen LogP contribution < -0.4 is 5.32 Å². The van der Waals surface area contributed by atoms with Crippen LogP contribution in [0.1, 0.15) is 5.56 Å². The summed E-state index contributed by atoms with van der Waals surface area (Å²) < 4.78 is 0.365. The number of hydrogen-bond donors (Lipinski definition) is 2. The summed E-state index contributed by atoms with van der Waals surface area (Å²) in [5.74, 6) is -1.18. The maximum Gasteiger partial charge on any atom is 0.265 e. The van der Waals surface area contributed by atoms with Crippen molar-refractivity contribution in [3.8, 4) is 5.75 Å². The van der Waals surface area contributed by atoms with Crippen molar-refractivity contribution in [2.45, 2.75) is 0 Å². The highest BCUT2D eigenvalue weighted by Crippen LogP contribution is 2.33. The molecular formula is C12H8BrClN2O3S. The molecule has 1 saturated heterocycles. The number of hydrogen-bond acceptors (Lipinski definition) is 4. The number of nitrogens with zero attached hydrogens (tertiary/aromatic N) is 1. The fraction of sp³-hybridized carbons (Fsp3) is 0.0833. The number of halogens is 2. The van der Waals surface area contributed by atoms with Gasteiger partial charge in [0.2, 0.25) is 0 Å². The third kappa shape index (κ3) is 2.70. The predicted molar refractivity (Wildman–Crippen MR) is 82.3 cm³/mol. The molecule has 1 heterocycles. The topological polar surface area (TPSA) is 69.6 Å². The van der Waals surface area contributed by atoms with Gasteiger partial charge in [-0.2, -0.15) is 0 Å². The number of aromatic hydroxyl groups is 1. The van der Waals surface area contributed by atoms with Crippen LogP contribution in [0, 0.1) is 0 Å². The number of carbonyl (C=O) groups is 2. The quantitative estimate of drug-likeness (QED) is 0.448. The molecule has 1 fully saturated rings. The van der Waals surface area contributed by atoms with Crippen molar-refractivity contribution in [3.05, 3.63) is 32.8 Å². The first-order chi connectivity index (χ1) is 9.31. The number of amides is 2. The summed E-state index contributed by atoms with van der Waals surface area (Å²) in [6, 6.07) is 2.99. The van der Waals surface area contributed by atoms with Crippen LogP contribution in [0.5, 0.6) is 5.75 Å². The van der Waals surface area contributed by atoms with Crippen LogP contribution in [0.25, 0.3) is 6.08 Å². The van der Waals surface area contributed by atoms with E-state index < -0.39 is 11.8 Å². The summed E-state index contributed by atoms with van der Waals surface area (Å²) in [6.07, 6.45) is 1.38. The van der Waals surface area contributed by atoms with E-state index in [2.05, 4.69) is 21.2 Å². The number of thiocarbonyl (C=S) groups is 1. The second kappa shape index (κ2) is 5.51. The minimum atomic E-state index is -0.571. The van der Waals surface area contributed by atoms with E-state index in [9.17, 15) is 14.7 Å².